The Hall–Kier alpha value is -2.15. The first-order valence-electron chi connectivity index (χ1n) is 7.21. The van der Waals surface area contributed by atoms with Crippen molar-refractivity contribution in [3.8, 4) is 5.88 Å². The van der Waals surface area contributed by atoms with Crippen molar-refractivity contribution < 1.29 is 24.2 Å². The number of nitrogens with one attached hydrogen (secondary N) is 1. The summed E-state index contributed by atoms with van der Waals surface area (Å²) < 4.78 is 10.3. The van der Waals surface area contributed by atoms with E-state index in [4.69, 9.17) is 9.47 Å². The summed E-state index contributed by atoms with van der Waals surface area (Å²) in [6.45, 7) is 1.22. The number of carbonyl (C=O) groups excluding carboxylic acids is 1. The van der Waals surface area contributed by atoms with Crippen LogP contribution in [0.2, 0.25) is 0 Å². The molecule has 1 saturated heterocycles. The van der Waals surface area contributed by atoms with E-state index >= 15 is 0 Å². The monoisotopic (exact) mass is 308 g/mol. The van der Waals surface area contributed by atoms with E-state index in [-0.39, 0.29) is 24.2 Å². The fourth-order valence-corrected chi connectivity index (χ4v) is 2.60. The molecule has 7 nitrogen and oxygen atoms in total. The van der Waals surface area contributed by atoms with Gasteiger partial charge in [0.25, 0.3) is 5.91 Å². The Morgan fingerprint density at radius 3 is 2.86 bits per heavy atom. The van der Waals surface area contributed by atoms with E-state index in [2.05, 4.69) is 10.3 Å². The fourth-order valence-electron chi connectivity index (χ4n) is 2.60. The number of hydrogen-bond donors (Lipinski definition) is 2. The van der Waals surface area contributed by atoms with E-state index in [1.807, 2.05) is 0 Å². The van der Waals surface area contributed by atoms with E-state index in [0.29, 0.717) is 31.6 Å². The number of nitrogens with zero attached hydrogens (tertiary/aromatic N) is 1. The average molecular weight is 308 g/mol. The van der Waals surface area contributed by atoms with Crippen molar-refractivity contribution >= 4 is 11.9 Å². The lowest BCUT2D eigenvalue weighted by molar-refractivity contribution is -0.144. The lowest BCUT2D eigenvalue weighted by atomic mass is 9.86. The molecular formula is C15H20N2O5. The van der Waals surface area contributed by atoms with Crippen LogP contribution < -0.4 is 10.1 Å². The number of amides is 1. The smallest absolute Gasteiger partial charge is 0.308 e. The molecule has 2 rings (SSSR count). The van der Waals surface area contributed by atoms with Crippen molar-refractivity contribution in [3.05, 3.63) is 23.9 Å². The minimum absolute atomic E-state index is 0.0161. The molecule has 1 aromatic rings. The van der Waals surface area contributed by atoms with Gasteiger partial charge < -0.3 is 19.9 Å². The van der Waals surface area contributed by atoms with Crippen LogP contribution in [0.3, 0.4) is 0 Å². The Balaban J connectivity index is 1.99. The Labute approximate surface area is 128 Å². The molecule has 0 saturated carbocycles. The summed E-state index contributed by atoms with van der Waals surface area (Å²) in [4.78, 5) is 27.6. The molecule has 0 spiro atoms. The van der Waals surface area contributed by atoms with Crippen LogP contribution in [-0.2, 0) is 9.53 Å². The van der Waals surface area contributed by atoms with E-state index in [9.17, 15) is 14.7 Å². The van der Waals surface area contributed by atoms with Gasteiger partial charge in [-0.15, -0.1) is 0 Å². The number of aromatic nitrogens is 1. The second-order valence-corrected chi connectivity index (χ2v) is 5.16. The molecule has 1 aliphatic rings. The van der Waals surface area contributed by atoms with Crippen molar-refractivity contribution in [2.75, 3.05) is 26.9 Å². The standard InChI is InChI=1S/C15H20N2O5/c1-21-14-11(3-2-6-16-14)13(18)17-9-12(15(19)20)10-4-7-22-8-5-10/h2-3,6,10,12H,4-5,7-9H2,1H3,(H,17,18)(H,19,20). The minimum Gasteiger partial charge on any atom is -0.481 e. The molecule has 2 N–H and O–H groups in total. The highest BCUT2D eigenvalue weighted by molar-refractivity contribution is 5.96. The van der Waals surface area contributed by atoms with E-state index in [1.165, 1.54) is 13.3 Å². The van der Waals surface area contributed by atoms with Crippen molar-refractivity contribution in [3.63, 3.8) is 0 Å². The number of rotatable bonds is 6. The largest absolute Gasteiger partial charge is 0.481 e. The predicted octanol–water partition coefficient (Wildman–Crippen LogP) is 0.947. The lowest BCUT2D eigenvalue weighted by Crippen LogP contribution is -2.39. The normalized spacial score (nSPS) is 16.8. The van der Waals surface area contributed by atoms with Gasteiger partial charge in [0.2, 0.25) is 5.88 Å². The zero-order chi connectivity index (χ0) is 15.9. The molecule has 0 bridgehead atoms. The van der Waals surface area contributed by atoms with Gasteiger partial charge in [0.1, 0.15) is 5.56 Å². The third-order valence-electron chi connectivity index (χ3n) is 3.84. The second-order valence-electron chi connectivity index (χ2n) is 5.16. The zero-order valence-corrected chi connectivity index (χ0v) is 12.4. The van der Waals surface area contributed by atoms with Gasteiger partial charge in [-0.1, -0.05) is 0 Å². The summed E-state index contributed by atoms with van der Waals surface area (Å²) in [6, 6.07) is 3.22. The summed E-state index contributed by atoms with van der Waals surface area (Å²) >= 11 is 0. The third-order valence-corrected chi connectivity index (χ3v) is 3.84. The van der Waals surface area contributed by atoms with E-state index in [0.717, 1.165) is 0 Å². The third kappa shape index (κ3) is 3.94. The van der Waals surface area contributed by atoms with Gasteiger partial charge in [-0.25, -0.2) is 4.98 Å². The van der Waals surface area contributed by atoms with Crippen LogP contribution in [0.25, 0.3) is 0 Å². The summed E-state index contributed by atoms with van der Waals surface area (Å²) in [6.07, 6.45) is 2.92. The van der Waals surface area contributed by atoms with E-state index in [1.54, 1.807) is 12.1 Å². The number of hydrogen-bond acceptors (Lipinski definition) is 5. The van der Waals surface area contributed by atoms with Crippen LogP contribution in [0, 0.1) is 11.8 Å². The maximum Gasteiger partial charge on any atom is 0.308 e. The zero-order valence-electron chi connectivity index (χ0n) is 12.4. The molecule has 1 aliphatic heterocycles. The molecule has 1 amide bonds. The Bertz CT molecular complexity index is 528. The van der Waals surface area contributed by atoms with Crippen molar-refractivity contribution in [2.45, 2.75) is 12.8 Å². The van der Waals surface area contributed by atoms with E-state index < -0.39 is 11.9 Å². The van der Waals surface area contributed by atoms with Gasteiger partial charge in [-0.3, -0.25) is 9.59 Å². The summed E-state index contributed by atoms with van der Waals surface area (Å²) in [5, 5.41) is 12.1. The molecule has 0 aromatic carbocycles. The molecule has 1 fully saturated rings. The van der Waals surface area contributed by atoms with Crippen LogP contribution >= 0.6 is 0 Å². The number of carboxylic acid groups (broad SMARTS) is 1. The number of carbonyl (C=O) groups is 2. The van der Waals surface area contributed by atoms with Crippen LogP contribution in [0.5, 0.6) is 5.88 Å². The summed E-state index contributed by atoms with van der Waals surface area (Å²) in [5.74, 6) is -1.66. The fraction of sp³-hybridized carbons (Fsp3) is 0.533. The van der Waals surface area contributed by atoms with Crippen molar-refractivity contribution in [2.24, 2.45) is 11.8 Å². The van der Waals surface area contributed by atoms with Crippen LogP contribution in [0.1, 0.15) is 23.2 Å². The van der Waals surface area contributed by atoms with Gasteiger partial charge >= 0.3 is 5.97 Å². The highest BCUT2D eigenvalue weighted by Gasteiger charge is 2.30. The Morgan fingerprint density at radius 1 is 1.50 bits per heavy atom. The predicted molar refractivity (Wildman–Crippen MR) is 77.8 cm³/mol. The second kappa shape index (κ2) is 7.74. The molecular weight excluding hydrogens is 288 g/mol. The minimum atomic E-state index is -0.898. The number of methoxy groups -OCH3 is 1. The van der Waals surface area contributed by atoms with Crippen LogP contribution in [0.4, 0.5) is 0 Å². The van der Waals surface area contributed by atoms with Gasteiger partial charge in [0.05, 0.1) is 13.0 Å². The first kappa shape index (κ1) is 16.2. The van der Waals surface area contributed by atoms with Gasteiger partial charge in [0.15, 0.2) is 0 Å². The van der Waals surface area contributed by atoms with Crippen LogP contribution in [-0.4, -0.2) is 48.8 Å². The Morgan fingerprint density at radius 2 is 2.23 bits per heavy atom. The number of pyridine rings is 1. The molecule has 1 aromatic heterocycles. The maximum atomic E-state index is 12.2. The molecule has 1 atom stereocenters. The summed E-state index contributed by atoms with van der Waals surface area (Å²) in [5.41, 5.74) is 0.293. The van der Waals surface area contributed by atoms with Crippen molar-refractivity contribution in [1.82, 2.24) is 10.3 Å². The highest BCUT2D eigenvalue weighted by Crippen LogP contribution is 2.24. The molecule has 1 unspecified atom stereocenters. The highest BCUT2D eigenvalue weighted by atomic mass is 16.5. The molecule has 120 valence electrons. The molecule has 0 radical (unpaired) electrons. The van der Waals surface area contributed by atoms with Crippen LogP contribution in [0.15, 0.2) is 18.3 Å². The molecule has 22 heavy (non-hydrogen) atoms. The number of aliphatic carboxylic acids is 1. The van der Waals surface area contributed by atoms with Crippen molar-refractivity contribution in [1.29, 1.82) is 0 Å². The SMILES string of the molecule is COc1ncccc1C(=O)NCC(C(=O)O)C1CCOCC1. The van der Waals surface area contributed by atoms with Gasteiger partial charge in [-0.05, 0) is 30.9 Å². The lowest BCUT2D eigenvalue weighted by Gasteiger charge is -2.27. The van der Waals surface area contributed by atoms with Gasteiger partial charge in [-0.2, -0.15) is 0 Å². The Kier molecular flexibility index (Phi) is 5.71. The topological polar surface area (TPSA) is 97.8 Å². The quantitative estimate of drug-likeness (QED) is 0.812. The maximum absolute atomic E-state index is 12.2. The molecule has 7 heteroatoms. The summed E-state index contributed by atoms with van der Waals surface area (Å²) in [7, 11) is 1.43. The average Bonchev–Trinajstić information content (AvgIpc) is 2.55. The first-order valence-corrected chi connectivity index (χ1v) is 7.21. The first-order chi connectivity index (χ1) is 10.6. The molecule has 2 heterocycles. The molecule has 0 aliphatic carbocycles. The number of carboxylic acids is 1. The van der Waals surface area contributed by atoms with Gasteiger partial charge in [0, 0.05) is 26.0 Å². The number of ether oxygens (including phenoxy) is 2.